The maximum Gasteiger partial charge on any atom is 0.0409 e. The zero-order valence-electron chi connectivity index (χ0n) is 12.3. The van der Waals surface area contributed by atoms with E-state index in [1.807, 2.05) is 6.07 Å². The summed E-state index contributed by atoms with van der Waals surface area (Å²) < 4.78 is 0. The fourth-order valence-electron chi connectivity index (χ4n) is 4.35. The van der Waals surface area contributed by atoms with E-state index in [0.29, 0.717) is 11.8 Å². The Hall–Kier alpha value is -1.31. The second-order valence-electron chi connectivity index (χ2n) is 6.58. The van der Waals surface area contributed by atoms with Crippen molar-refractivity contribution in [2.45, 2.75) is 12.3 Å². The number of hydrogen-bond donors (Lipinski definition) is 0. The van der Waals surface area contributed by atoms with Gasteiger partial charge in [0.05, 0.1) is 0 Å². The normalized spacial score (nSPS) is 28.2. The van der Waals surface area contributed by atoms with Crippen LogP contribution < -0.4 is 0 Å². The first kappa shape index (κ1) is 13.4. The van der Waals surface area contributed by atoms with Crippen LogP contribution in [0.4, 0.5) is 0 Å². The van der Waals surface area contributed by atoms with Gasteiger partial charge in [-0.2, -0.15) is 0 Å². The van der Waals surface area contributed by atoms with E-state index in [-0.39, 0.29) is 0 Å². The molecule has 1 heterocycles. The van der Waals surface area contributed by atoms with E-state index in [9.17, 15) is 0 Å². The fraction of sp³-hybridized carbons (Fsp3) is 0.368. The lowest BCUT2D eigenvalue weighted by molar-refractivity contribution is 0.351. The van der Waals surface area contributed by atoms with Gasteiger partial charge >= 0.3 is 0 Å². The number of fused-ring (bicyclic) bond motifs is 2. The molecule has 1 fully saturated rings. The highest BCUT2D eigenvalue weighted by atomic mass is 35.5. The van der Waals surface area contributed by atoms with Crippen molar-refractivity contribution >= 4 is 11.6 Å². The summed E-state index contributed by atoms with van der Waals surface area (Å²) >= 11 is 6.29. The minimum Gasteiger partial charge on any atom is -0.306 e. The third-order valence-corrected chi connectivity index (χ3v) is 5.42. The number of benzene rings is 2. The smallest absolute Gasteiger partial charge is 0.0409 e. The third kappa shape index (κ3) is 2.29. The molecule has 1 aliphatic carbocycles. The molecule has 0 bridgehead atoms. The quantitative estimate of drug-likeness (QED) is 0.762. The lowest BCUT2D eigenvalue weighted by atomic mass is 9.68. The maximum absolute atomic E-state index is 6.29. The van der Waals surface area contributed by atoms with Crippen LogP contribution in [0.25, 0.3) is 0 Å². The molecular formula is C19H20ClN. The van der Waals surface area contributed by atoms with Gasteiger partial charge in [-0.1, -0.05) is 48.0 Å². The van der Waals surface area contributed by atoms with E-state index in [1.54, 1.807) is 0 Å². The first-order chi connectivity index (χ1) is 10.2. The van der Waals surface area contributed by atoms with E-state index in [0.717, 1.165) is 10.9 Å². The van der Waals surface area contributed by atoms with Crippen molar-refractivity contribution in [1.29, 1.82) is 0 Å². The van der Waals surface area contributed by atoms with E-state index < -0.39 is 0 Å². The van der Waals surface area contributed by atoms with E-state index in [4.69, 9.17) is 11.6 Å². The predicted molar refractivity (Wildman–Crippen MR) is 87.9 cm³/mol. The summed E-state index contributed by atoms with van der Waals surface area (Å²) in [7, 11) is 2.25. The van der Waals surface area contributed by atoms with Crippen LogP contribution >= 0.6 is 11.6 Å². The molecule has 3 atom stereocenters. The minimum atomic E-state index is 0.489. The average Bonchev–Trinajstić information content (AvgIpc) is 2.85. The number of likely N-dealkylation sites (tertiary alicyclic amines) is 1. The van der Waals surface area contributed by atoms with Crippen molar-refractivity contribution < 1.29 is 0 Å². The Morgan fingerprint density at radius 3 is 2.67 bits per heavy atom. The highest BCUT2D eigenvalue weighted by Crippen LogP contribution is 2.47. The molecule has 0 N–H and O–H groups in total. The maximum atomic E-state index is 6.29. The Morgan fingerprint density at radius 2 is 1.86 bits per heavy atom. The van der Waals surface area contributed by atoms with Crippen molar-refractivity contribution in [3.63, 3.8) is 0 Å². The van der Waals surface area contributed by atoms with Crippen molar-refractivity contribution in [3.05, 3.63) is 70.2 Å². The van der Waals surface area contributed by atoms with Gasteiger partial charge in [0.15, 0.2) is 0 Å². The van der Waals surface area contributed by atoms with E-state index in [1.165, 1.54) is 36.2 Å². The Kier molecular flexibility index (Phi) is 3.28. The summed E-state index contributed by atoms with van der Waals surface area (Å²) in [6.45, 7) is 2.41. The summed E-state index contributed by atoms with van der Waals surface area (Å²) in [5.74, 6) is 1.97. The highest BCUT2D eigenvalue weighted by Gasteiger charge is 2.42. The second-order valence-corrected chi connectivity index (χ2v) is 7.02. The van der Waals surface area contributed by atoms with Crippen LogP contribution in [0.2, 0.25) is 5.02 Å². The molecule has 1 saturated heterocycles. The van der Waals surface area contributed by atoms with Gasteiger partial charge in [-0.15, -0.1) is 0 Å². The summed E-state index contributed by atoms with van der Waals surface area (Å²) in [4.78, 5) is 2.48. The van der Waals surface area contributed by atoms with Crippen LogP contribution in [0.1, 0.15) is 22.6 Å². The predicted octanol–water partition coefficient (Wildman–Crippen LogP) is 4.21. The largest absolute Gasteiger partial charge is 0.306 e. The zero-order valence-corrected chi connectivity index (χ0v) is 13.1. The Morgan fingerprint density at radius 1 is 1.05 bits per heavy atom. The Labute approximate surface area is 131 Å². The number of rotatable bonds is 1. The van der Waals surface area contributed by atoms with Crippen molar-refractivity contribution in [2.75, 3.05) is 20.1 Å². The van der Waals surface area contributed by atoms with Gasteiger partial charge < -0.3 is 4.90 Å². The molecule has 0 saturated carbocycles. The third-order valence-electron chi connectivity index (χ3n) is 5.19. The minimum absolute atomic E-state index is 0.489. The van der Waals surface area contributed by atoms with Crippen LogP contribution in [-0.4, -0.2) is 25.0 Å². The average molecular weight is 298 g/mol. The molecule has 1 aliphatic heterocycles. The van der Waals surface area contributed by atoms with E-state index >= 15 is 0 Å². The summed E-state index contributed by atoms with van der Waals surface area (Å²) in [6, 6.07) is 17.4. The molecule has 0 spiro atoms. The summed E-state index contributed by atoms with van der Waals surface area (Å²) in [5, 5.41) is 0.861. The molecule has 1 nitrogen and oxygen atoms in total. The second kappa shape index (κ2) is 5.15. The molecule has 2 aromatic rings. The molecule has 21 heavy (non-hydrogen) atoms. The molecule has 0 aromatic heterocycles. The van der Waals surface area contributed by atoms with Gasteiger partial charge in [0.2, 0.25) is 0 Å². The number of nitrogens with zero attached hydrogens (tertiary/aromatic N) is 1. The molecule has 0 unspecified atom stereocenters. The molecular weight excluding hydrogens is 278 g/mol. The molecule has 0 radical (unpaired) electrons. The van der Waals surface area contributed by atoms with Gasteiger partial charge in [-0.25, -0.2) is 0 Å². The topological polar surface area (TPSA) is 3.24 Å². The first-order valence-electron chi connectivity index (χ1n) is 7.74. The SMILES string of the molecule is CN1C[C@H]2Cc3ccc(Cl)cc3[C@@H](c3ccccc3)[C@H]2C1. The van der Waals surface area contributed by atoms with Crippen LogP contribution in [0, 0.1) is 11.8 Å². The van der Waals surface area contributed by atoms with Crippen LogP contribution in [-0.2, 0) is 6.42 Å². The number of halogens is 1. The van der Waals surface area contributed by atoms with Crippen molar-refractivity contribution in [2.24, 2.45) is 11.8 Å². The Bertz CT molecular complexity index is 652. The molecule has 2 aromatic carbocycles. The van der Waals surface area contributed by atoms with Gasteiger partial charge in [-0.3, -0.25) is 0 Å². The zero-order chi connectivity index (χ0) is 14.4. The van der Waals surface area contributed by atoms with Gasteiger partial charge in [-0.05, 0) is 54.1 Å². The summed E-state index contributed by atoms with van der Waals surface area (Å²) in [6.07, 6.45) is 1.20. The number of hydrogen-bond acceptors (Lipinski definition) is 1. The van der Waals surface area contributed by atoms with Crippen LogP contribution in [0.15, 0.2) is 48.5 Å². The molecule has 0 amide bonds. The Balaban J connectivity index is 1.86. The lowest BCUT2D eigenvalue weighted by Gasteiger charge is -2.35. The fourth-order valence-corrected chi connectivity index (χ4v) is 4.53. The van der Waals surface area contributed by atoms with Crippen molar-refractivity contribution in [1.82, 2.24) is 4.90 Å². The molecule has 108 valence electrons. The molecule has 2 heteroatoms. The van der Waals surface area contributed by atoms with Crippen LogP contribution in [0.3, 0.4) is 0 Å². The van der Waals surface area contributed by atoms with Crippen LogP contribution in [0.5, 0.6) is 0 Å². The van der Waals surface area contributed by atoms with Gasteiger partial charge in [0.1, 0.15) is 0 Å². The molecule has 2 aliphatic rings. The molecule has 4 rings (SSSR count). The van der Waals surface area contributed by atoms with Gasteiger partial charge in [0, 0.05) is 24.0 Å². The summed E-state index contributed by atoms with van der Waals surface area (Å²) in [5.41, 5.74) is 4.38. The monoisotopic (exact) mass is 297 g/mol. The van der Waals surface area contributed by atoms with E-state index in [2.05, 4.69) is 54.4 Å². The first-order valence-corrected chi connectivity index (χ1v) is 8.12. The standard InChI is InChI=1S/C19H20ClN/c1-21-11-15-9-14-7-8-16(20)10-17(14)19(18(15)12-21)13-5-3-2-4-6-13/h2-8,10,15,18-19H,9,11-12H2,1H3/t15-,18+,19-/m1/s1. The lowest BCUT2D eigenvalue weighted by Crippen LogP contribution is -2.29. The van der Waals surface area contributed by atoms with Crippen molar-refractivity contribution in [3.8, 4) is 0 Å². The highest BCUT2D eigenvalue weighted by molar-refractivity contribution is 6.30. The van der Waals surface area contributed by atoms with Gasteiger partial charge in [0.25, 0.3) is 0 Å².